The highest BCUT2D eigenvalue weighted by atomic mass is 16.5. The van der Waals surface area contributed by atoms with Crippen LogP contribution < -0.4 is 10.1 Å². The van der Waals surface area contributed by atoms with Gasteiger partial charge in [0, 0.05) is 25.9 Å². The maximum atomic E-state index is 12.7. The molecule has 2 amide bonds. The molecule has 2 atom stereocenters. The molecule has 0 saturated carbocycles. The van der Waals surface area contributed by atoms with E-state index in [9.17, 15) is 14.4 Å². The van der Waals surface area contributed by atoms with E-state index in [4.69, 9.17) is 4.74 Å². The highest BCUT2D eigenvalue weighted by Gasteiger charge is 2.44. The zero-order chi connectivity index (χ0) is 21.0. The van der Waals surface area contributed by atoms with E-state index in [0.29, 0.717) is 37.2 Å². The number of carbonyl (C=O) groups excluding carboxylic acids is 3. The van der Waals surface area contributed by atoms with Crippen molar-refractivity contribution in [3.63, 3.8) is 0 Å². The smallest absolute Gasteiger partial charge is 0.242 e. The summed E-state index contributed by atoms with van der Waals surface area (Å²) in [5.41, 5.74) is -0.0615. The third kappa shape index (κ3) is 4.96. The van der Waals surface area contributed by atoms with Crippen molar-refractivity contribution in [2.24, 2.45) is 0 Å². The molecule has 0 bridgehead atoms. The van der Waals surface area contributed by atoms with E-state index in [1.165, 1.54) is 0 Å². The number of ether oxygens (including phenoxy) is 1. The number of hydrogen-bond acceptors (Lipinski definition) is 5. The number of rotatable bonds is 6. The fraction of sp³-hybridized carbons (Fsp3) is 0.591. The summed E-state index contributed by atoms with van der Waals surface area (Å²) in [5, 5.41) is 2.92. The van der Waals surface area contributed by atoms with Crippen LogP contribution in [-0.4, -0.2) is 72.8 Å². The number of fused-ring (bicyclic) bond motifs is 1. The molecular formula is C22H31N3O4. The summed E-state index contributed by atoms with van der Waals surface area (Å²) in [6.07, 6.45) is 2.43. The van der Waals surface area contributed by atoms with Crippen LogP contribution in [0, 0.1) is 0 Å². The summed E-state index contributed by atoms with van der Waals surface area (Å²) >= 11 is 0. The van der Waals surface area contributed by atoms with E-state index in [0.717, 1.165) is 13.0 Å². The predicted octanol–water partition coefficient (Wildman–Crippen LogP) is 1.86. The molecule has 1 fully saturated rings. The first-order valence-corrected chi connectivity index (χ1v) is 10.3. The van der Waals surface area contributed by atoms with Crippen LogP contribution in [0.1, 0.15) is 49.4 Å². The molecule has 1 spiro atoms. The van der Waals surface area contributed by atoms with Crippen LogP contribution in [-0.2, 0) is 9.59 Å². The SMILES string of the molecule is C[C@@H](C(=O)NCCCN(C)C)N1CC[C@@]2(CCC1=O)CC(=O)c1ccccc1O2. The predicted molar refractivity (Wildman–Crippen MR) is 110 cm³/mol. The molecule has 29 heavy (non-hydrogen) atoms. The quantitative estimate of drug-likeness (QED) is 0.736. The third-order valence-electron chi connectivity index (χ3n) is 5.85. The van der Waals surface area contributed by atoms with Crippen LogP contribution in [0.25, 0.3) is 0 Å². The van der Waals surface area contributed by atoms with E-state index >= 15 is 0 Å². The Hall–Kier alpha value is -2.41. The number of nitrogens with one attached hydrogen (secondary N) is 1. The lowest BCUT2D eigenvalue weighted by atomic mass is 9.84. The number of ketones is 1. The van der Waals surface area contributed by atoms with E-state index in [-0.39, 0.29) is 30.4 Å². The summed E-state index contributed by atoms with van der Waals surface area (Å²) < 4.78 is 6.24. The van der Waals surface area contributed by atoms with Crippen LogP contribution in [0.4, 0.5) is 0 Å². The number of nitrogens with zero attached hydrogens (tertiary/aromatic N) is 2. The first-order valence-electron chi connectivity index (χ1n) is 10.3. The van der Waals surface area contributed by atoms with Crippen LogP contribution >= 0.6 is 0 Å². The Labute approximate surface area is 172 Å². The molecule has 1 aromatic rings. The number of carbonyl (C=O) groups is 3. The Morgan fingerprint density at radius 1 is 1.28 bits per heavy atom. The molecule has 0 aromatic heterocycles. The Bertz CT molecular complexity index is 779. The zero-order valence-electron chi connectivity index (χ0n) is 17.6. The van der Waals surface area contributed by atoms with Crippen molar-refractivity contribution >= 4 is 17.6 Å². The maximum Gasteiger partial charge on any atom is 0.242 e. The van der Waals surface area contributed by atoms with Gasteiger partial charge in [-0.15, -0.1) is 0 Å². The van der Waals surface area contributed by atoms with Gasteiger partial charge in [-0.1, -0.05) is 12.1 Å². The van der Waals surface area contributed by atoms with E-state index < -0.39 is 11.6 Å². The van der Waals surface area contributed by atoms with Crippen LogP contribution in [0.15, 0.2) is 24.3 Å². The first-order chi connectivity index (χ1) is 13.8. The molecule has 3 rings (SSSR count). The number of benzene rings is 1. The van der Waals surface area contributed by atoms with Crippen molar-refractivity contribution in [3.05, 3.63) is 29.8 Å². The normalized spacial score (nSPS) is 22.8. The van der Waals surface area contributed by atoms with Crippen molar-refractivity contribution in [1.29, 1.82) is 0 Å². The zero-order valence-corrected chi connectivity index (χ0v) is 17.6. The van der Waals surface area contributed by atoms with Crippen molar-refractivity contribution in [1.82, 2.24) is 15.1 Å². The van der Waals surface area contributed by atoms with E-state index in [2.05, 4.69) is 10.2 Å². The van der Waals surface area contributed by atoms with Gasteiger partial charge in [-0.05, 0) is 52.5 Å². The summed E-state index contributed by atoms with van der Waals surface area (Å²) in [4.78, 5) is 41.6. The largest absolute Gasteiger partial charge is 0.486 e. The molecule has 7 nitrogen and oxygen atoms in total. The minimum atomic E-state index is -0.669. The monoisotopic (exact) mass is 401 g/mol. The molecule has 1 aromatic carbocycles. The molecule has 2 aliphatic rings. The molecule has 2 heterocycles. The standard InChI is InChI=1S/C22H31N3O4/c1-16(21(28)23-12-6-13-24(2)3)25-14-11-22(10-9-20(25)27)15-18(26)17-7-4-5-8-19(17)29-22/h4-5,7-8,16H,6,9-15H2,1-3H3,(H,23,28)/t16-,22-/m0/s1. The fourth-order valence-corrected chi connectivity index (χ4v) is 4.08. The molecule has 0 radical (unpaired) electrons. The van der Waals surface area contributed by atoms with Crippen molar-refractivity contribution in [2.45, 2.75) is 50.7 Å². The molecule has 7 heteroatoms. The minimum Gasteiger partial charge on any atom is -0.486 e. The Balaban J connectivity index is 1.63. The van der Waals surface area contributed by atoms with Gasteiger partial charge in [-0.2, -0.15) is 0 Å². The second kappa shape index (κ2) is 8.95. The number of hydrogen-bond donors (Lipinski definition) is 1. The van der Waals surface area contributed by atoms with Crippen LogP contribution in [0.2, 0.25) is 0 Å². The van der Waals surface area contributed by atoms with Gasteiger partial charge in [-0.25, -0.2) is 0 Å². The van der Waals surface area contributed by atoms with Gasteiger partial charge < -0.3 is 19.9 Å². The number of para-hydroxylation sites is 1. The second-order valence-electron chi connectivity index (χ2n) is 8.34. The lowest BCUT2D eigenvalue weighted by Crippen LogP contribution is -2.49. The number of Topliss-reactive ketones (excluding diaryl/α,β-unsaturated/α-hetero) is 1. The van der Waals surface area contributed by atoms with E-state index in [1.54, 1.807) is 17.9 Å². The van der Waals surface area contributed by atoms with Gasteiger partial charge in [0.05, 0.1) is 12.0 Å². The molecule has 0 unspecified atom stereocenters. The van der Waals surface area contributed by atoms with Gasteiger partial charge >= 0.3 is 0 Å². The van der Waals surface area contributed by atoms with Crippen molar-refractivity contribution < 1.29 is 19.1 Å². The van der Waals surface area contributed by atoms with Crippen molar-refractivity contribution in [2.75, 3.05) is 33.7 Å². The van der Waals surface area contributed by atoms with Crippen LogP contribution in [0.3, 0.4) is 0 Å². The Morgan fingerprint density at radius 3 is 2.79 bits per heavy atom. The van der Waals surface area contributed by atoms with Gasteiger partial charge in [0.1, 0.15) is 17.4 Å². The topological polar surface area (TPSA) is 79.0 Å². The van der Waals surface area contributed by atoms with Gasteiger partial charge in [0.2, 0.25) is 11.8 Å². The molecule has 0 aliphatic carbocycles. The van der Waals surface area contributed by atoms with Crippen molar-refractivity contribution in [3.8, 4) is 5.75 Å². The molecule has 1 N–H and O–H groups in total. The molecule has 2 aliphatic heterocycles. The Morgan fingerprint density at radius 2 is 2.03 bits per heavy atom. The number of amides is 2. The maximum absolute atomic E-state index is 12.7. The molecular weight excluding hydrogens is 370 g/mol. The first kappa shape index (κ1) is 21.3. The third-order valence-corrected chi connectivity index (χ3v) is 5.85. The average Bonchev–Trinajstić information content (AvgIpc) is 2.84. The molecule has 158 valence electrons. The van der Waals surface area contributed by atoms with Gasteiger partial charge in [0.15, 0.2) is 5.78 Å². The van der Waals surface area contributed by atoms with Gasteiger partial charge in [-0.3, -0.25) is 14.4 Å². The minimum absolute atomic E-state index is 0.0550. The summed E-state index contributed by atoms with van der Waals surface area (Å²) in [5.74, 6) is 0.447. The summed E-state index contributed by atoms with van der Waals surface area (Å²) in [6.45, 7) is 3.65. The number of likely N-dealkylation sites (tertiary alicyclic amines) is 1. The summed E-state index contributed by atoms with van der Waals surface area (Å²) in [6, 6.07) is 6.73. The average molecular weight is 402 g/mol. The lowest BCUT2D eigenvalue weighted by molar-refractivity contribution is -0.139. The van der Waals surface area contributed by atoms with E-state index in [1.807, 2.05) is 32.3 Å². The van der Waals surface area contributed by atoms with Gasteiger partial charge in [0.25, 0.3) is 0 Å². The lowest BCUT2D eigenvalue weighted by Gasteiger charge is -2.37. The summed E-state index contributed by atoms with van der Waals surface area (Å²) in [7, 11) is 3.99. The second-order valence-corrected chi connectivity index (χ2v) is 8.34. The highest BCUT2D eigenvalue weighted by Crippen LogP contribution is 2.39. The Kier molecular flexibility index (Phi) is 6.57. The fourth-order valence-electron chi connectivity index (χ4n) is 4.08. The van der Waals surface area contributed by atoms with Crippen LogP contribution in [0.5, 0.6) is 5.75 Å². The highest BCUT2D eigenvalue weighted by molar-refractivity contribution is 6.00. The molecule has 1 saturated heterocycles.